The van der Waals surface area contributed by atoms with Gasteiger partial charge < -0.3 is 4.42 Å². The predicted octanol–water partition coefficient (Wildman–Crippen LogP) is 12.8. The number of hydrogen-bond donors (Lipinski definition) is 0. The molecule has 0 saturated carbocycles. The number of nitrogens with zero attached hydrogens (tertiary/aromatic N) is 6. The molecule has 4 aromatic heterocycles. The Hall–Kier alpha value is -8.16. The van der Waals surface area contributed by atoms with E-state index >= 15 is 0 Å². The Kier molecular flexibility index (Phi) is 8.33. The molecule has 0 bridgehead atoms. The van der Waals surface area contributed by atoms with Gasteiger partial charge in [-0.2, -0.15) is 0 Å². The van der Waals surface area contributed by atoms with Gasteiger partial charge >= 0.3 is 0 Å². The van der Waals surface area contributed by atoms with Crippen LogP contribution in [0.15, 0.2) is 199 Å². The van der Waals surface area contributed by atoms with Crippen molar-refractivity contribution < 1.29 is 4.42 Å². The van der Waals surface area contributed by atoms with Gasteiger partial charge in [0.25, 0.3) is 0 Å². The van der Waals surface area contributed by atoms with Crippen molar-refractivity contribution in [2.45, 2.75) is 0 Å². The molecule has 0 fully saturated rings. The lowest BCUT2D eigenvalue weighted by atomic mass is 9.94. The molecule has 0 aliphatic rings. The van der Waals surface area contributed by atoms with Gasteiger partial charge in [-0.15, -0.1) is 0 Å². The molecule has 0 unspecified atom stereocenters. The summed E-state index contributed by atoms with van der Waals surface area (Å²) in [6.45, 7) is 0. The van der Waals surface area contributed by atoms with E-state index in [4.69, 9.17) is 34.3 Å². The summed E-state index contributed by atoms with van der Waals surface area (Å²) in [5.74, 6) is 2.53. The van der Waals surface area contributed by atoms with Crippen LogP contribution in [0.2, 0.25) is 0 Å². The van der Waals surface area contributed by atoms with E-state index in [1.54, 1.807) is 0 Å². The number of furan rings is 1. The number of rotatable bonds is 7. The minimum Gasteiger partial charge on any atom is -0.434 e. The molecule has 7 aromatic carbocycles. The summed E-state index contributed by atoms with van der Waals surface area (Å²) < 4.78 is 6.39. The van der Waals surface area contributed by atoms with Gasteiger partial charge in [0.2, 0.25) is 5.71 Å². The lowest BCUT2D eigenvalue weighted by Crippen LogP contribution is -2.00. The first-order valence-electron chi connectivity index (χ1n) is 19.4. The van der Waals surface area contributed by atoms with E-state index in [1.807, 2.05) is 128 Å². The largest absolute Gasteiger partial charge is 0.434 e. The first-order chi connectivity index (χ1) is 29.2. The molecule has 0 aliphatic heterocycles. The molecule has 7 nitrogen and oxygen atoms in total. The maximum Gasteiger partial charge on any atom is 0.229 e. The molecular formula is C52H32N6O. The Bertz CT molecular complexity index is 3240. The van der Waals surface area contributed by atoms with Crippen molar-refractivity contribution >= 4 is 33.0 Å². The Balaban J connectivity index is 0.985. The first kappa shape index (κ1) is 34.1. The third-order valence-corrected chi connectivity index (χ3v) is 10.6. The van der Waals surface area contributed by atoms with Crippen LogP contribution in [0.4, 0.5) is 0 Å². The summed E-state index contributed by atoms with van der Waals surface area (Å²) in [4.78, 5) is 29.8. The number of fused-ring (bicyclic) bond motifs is 4. The summed E-state index contributed by atoms with van der Waals surface area (Å²) in [6.07, 6.45) is 1.86. The normalized spacial score (nSPS) is 11.4. The molecule has 4 heterocycles. The van der Waals surface area contributed by atoms with Crippen molar-refractivity contribution in [1.82, 2.24) is 29.9 Å². The second-order valence-electron chi connectivity index (χ2n) is 14.3. The Morgan fingerprint density at radius 1 is 0.322 bits per heavy atom. The molecule has 11 aromatic rings. The van der Waals surface area contributed by atoms with Crippen LogP contribution in [0, 0.1) is 0 Å². The first-order valence-corrected chi connectivity index (χ1v) is 19.4. The molecule has 0 radical (unpaired) electrons. The standard InChI is InChI=1S/C52H32N6O/c1-5-15-35(16-6-1)45-47-46(55-48(54-45)36-17-7-2-8-18-36)44-31-39(32-53-52(44)59-47)33-27-29-34(30-28-33)40-23-13-25-42-41(40)24-14-26-43(42)51-57-49(37-19-9-3-10-20-37)56-50(58-51)38-21-11-4-12-22-38/h1-32H. The van der Waals surface area contributed by atoms with Gasteiger partial charge in [-0.3, -0.25) is 0 Å². The zero-order valence-corrected chi connectivity index (χ0v) is 31.6. The van der Waals surface area contributed by atoms with Crippen LogP contribution in [0.3, 0.4) is 0 Å². The summed E-state index contributed by atoms with van der Waals surface area (Å²) in [5, 5.41) is 3.01. The minimum absolute atomic E-state index is 0.522. The van der Waals surface area contributed by atoms with Crippen molar-refractivity contribution in [2.24, 2.45) is 0 Å². The van der Waals surface area contributed by atoms with Gasteiger partial charge in [0, 0.05) is 39.6 Å². The third-order valence-electron chi connectivity index (χ3n) is 10.6. The van der Waals surface area contributed by atoms with Crippen molar-refractivity contribution in [2.75, 3.05) is 0 Å². The molecule has 0 amide bonds. The molecule has 0 aliphatic carbocycles. The van der Waals surface area contributed by atoms with Crippen LogP contribution < -0.4 is 0 Å². The van der Waals surface area contributed by atoms with Crippen LogP contribution in [0.5, 0.6) is 0 Å². The maximum atomic E-state index is 6.39. The Labute approximate surface area is 339 Å². The van der Waals surface area contributed by atoms with Gasteiger partial charge in [-0.25, -0.2) is 29.9 Å². The quantitative estimate of drug-likeness (QED) is 0.160. The van der Waals surface area contributed by atoms with Gasteiger partial charge in [-0.1, -0.05) is 182 Å². The van der Waals surface area contributed by atoms with Crippen molar-refractivity contribution in [3.63, 3.8) is 0 Å². The molecular weight excluding hydrogens is 725 g/mol. The van der Waals surface area contributed by atoms with E-state index in [-0.39, 0.29) is 0 Å². The SMILES string of the molecule is c1ccc(-c2nc(-c3ccccc3)nc(-c3cccc4c(-c5ccc(-c6cnc7oc8c(-c9ccccc9)nc(-c9ccccc9)nc8c7c6)cc5)cccc34)n2)cc1. The van der Waals surface area contributed by atoms with Gasteiger partial charge in [0.05, 0.1) is 5.39 Å². The van der Waals surface area contributed by atoms with Crippen molar-refractivity contribution in [3.8, 4) is 79.1 Å². The van der Waals surface area contributed by atoms with Crippen LogP contribution in [0.25, 0.3) is 112 Å². The Morgan fingerprint density at radius 3 is 1.41 bits per heavy atom. The lowest BCUT2D eigenvalue weighted by Gasteiger charge is -2.13. The van der Waals surface area contributed by atoms with E-state index in [9.17, 15) is 0 Å². The highest BCUT2D eigenvalue weighted by Crippen LogP contribution is 2.38. The number of aromatic nitrogens is 6. The molecule has 0 N–H and O–H groups in total. The minimum atomic E-state index is 0.522. The predicted molar refractivity (Wildman–Crippen MR) is 236 cm³/mol. The smallest absolute Gasteiger partial charge is 0.229 e. The Morgan fingerprint density at radius 2 is 0.814 bits per heavy atom. The average Bonchev–Trinajstić information content (AvgIpc) is 3.70. The van der Waals surface area contributed by atoms with Gasteiger partial charge in [0.15, 0.2) is 28.9 Å². The van der Waals surface area contributed by atoms with E-state index in [2.05, 4.69) is 66.7 Å². The molecule has 7 heteroatoms. The summed E-state index contributed by atoms with van der Waals surface area (Å²) in [6, 6.07) is 63.7. The van der Waals surface area contributed by atoms with Crippen molar-refractivity contribution in [1.29, 1.82) is 0 Å². The zero-order chi connectivity index (χ0) is 39.1. The summed E-state index contributed by atoms with van der Waals surface area (Å²) in [5.41, 5.74) is 11.5. The van der Waals surface area contributed by atoms with Gasteiger partial charge in [-0.05, 0) is 33.5 Å². The second kappa shape index (κ2) is 14.4. The molecule has 11 rings (SSSR count). The maximum absolute atomic E-state index is 6.39. The lowest BCUT2D eigenvalue weighted by molar-refractivity contribution is 0.653. The fourth-order valence-electron chi connectivity index (χ4n) is 7.72. The number of hydrogen-bond acceptors (Lipinski definition) is 7. The van der Waals surface area contributed by atoms with E-state index in [0.717, 1.165) is 77.4 Å². The van der Waals surface area contributed by atoms with Crippen LogP contribution in [-0.4, -0.2) is 29.9 Å². The second-order valence-corrected chi connectivity index (χ2v) is 14.3. The fraction of sp³-hybridized carbons (Fsp3) is 0. The van der Waals surface area contributed by atoms with E-state index in [0.29, 0.717) is 34.6 Å². The highest BCUT2D eigenvalue weighted by atomic mass is 16.3. The monoisotopic (exact) mass is 756 g/mol. The number of benzene rings is 7. The van der Waals surface area contributed by atoms with Crippen LogP contribution >= 0.6 is 0 Å². The summed E-state index contributed by atoms with van der Waals surface area (Å²) in [7, 11) is 0. The van der Waals surface area contributed by atoms with Crippen LogP contribution in [-0.2, 0) is 0 Å². The third kappa shape index (κ3) is 6.27. The molecule has 0 spiro atoms. The molecule has 276 valence electrons. The molecule has 0 saturated heterocycles. The number of pyridine rings is 1. The van der Waals surface area contributed by atoms with Crippen LogP contribution in [0.1, 0.15) is 0 Å². The van der Waals surface area contributed by atoms with Gasteiger partial charge in [0.1, 0.15) is 11.2 Å². The van der Waals surface area contributed by atoms with Crippen molar-refractivity contribution in [3.05, 3.63) is 194 Å². The highest BCUT2D eigenvalue weighted by molar-refractivity contribution is 6.07. The fourth-order valence-corrected chi connectivity index (χ4v) is 7.72. The highest BCUT2D eigenvalue weighted by Gasteiger charge is 2.20. The molecule has 0 atom stereocenters. The summed E-state index contributed by atoms with van der Waals surface area (Å²) >= 11 is 0. The topological polar surface area (TPSA) is 90.5 Å². The molecule has 59 heavy (non-hydrogen) atoms. The van der Waals surface area contributed by atoms with E-state index in [1.165, 1.54) is 0 Å². The van der Waals surface area contributed by atoms with E-state index < -0.39 is 0 Å². The average molecular weight is 757 g/mol. The zero-order valence-electron chi connectivity index (χ0n) is 31.6.